The highest BCUT2D eigenvalue weighted by Crippen LogP contribution is 2.27. The maximum Gasteiger partial charge on any atom is 0.411 e. The number of primary sulfonamides is 1. The smallest absolute Gasteiger partial charge is 0.411 e. The molecule has 33 heavy (non-hydrogen) atoms. The molecule has 2 fully saturated rings. The average Bonchev–Trinajstić information content (AvgIpc) is 3.22. The Morgan fingerprint density at radius 2 is 1.73 bits per heavy atom. The van der Waals surface area contributed by atoms with E-state index in [1.54, 1.807) is 25.7 Å². The minimum atomic E-state index is -3.79. The first-order chi connectivity index (χ1) is 15.3. The van der Waals surface area contributed by atoms with Crippen molar-refractivity contribution < 1.29 is 27.5 Å². The number of rotatable bonds is 4. The van der Waals surface area contributed by atoms with E-state index in [1.165, 1.54) is 40.9 Å². The minimum Gasteiger partial charge on any atom is -0.444 e. The van der Waals surface area contributed by atoms with Crippen LogP contribution in [0.25, 0.3) is 0 Å². The number of nitrogens with one attached hydrogen (secondary N) is 1. The van der Waals surface area contributed by atoms with Crippen LogP contribution in [0.15, 0.2) is 29.2 Å². The van der Waals surface area contributed by atoms with Crippen LogP contribution in [0.1, 0.15) is 33.6 Å². The lowest BCUT2D eigenvalue weighted by molar-refractivity contribution is -0.138. The number of sulfonamides is 1. The lowest BCUT2D eigenvalue weighted by Crippen LogP contribution is -2.52. The molecule has 3 rings (SSSR count). The summed E-state index contributed by atoms with van der Waals surface area (Å²) in [6.45, 7) is 6.20. The topological polar surface area (TPSA) is 139 Å². The van der Waals surface area contributed by atoms with E-state index in [2.05, 4.69) is 5.32 Å². The summed E-state index contributed by atoms with van der Waals surface area (Å²) in [6.07, 6.45) is 0.506. The average molecular weight is 499 g/mol. The molecular formula is C21H30N4O6S2. The number of ether oxygens (including phenoxy) is 1. The molecule has 0 unspecified atom stereocenters. The van der Waals surface area contributed by atoms with E-state index in [-0.39, 0.29) is 22.6 Å². The molecule has 0 radical (unpaired) electrons. The first kappa shape index (κ1) is 25.3. The first-order valence-electron chi connectivity index (χ1n) is 10.6. The second-order valence-electron chi connectivity index (χ2n) is 9.12. The molecule has 0 bridgehead atoms. The third-order valence-corrected chi connectivity index (χ3v) is 7.36. The van der Waals surface area contributed by atoms with E-state index in [0.717, 1.165) is 0 Å². The Hall–Kier alpha value is -2.31. The van der Waals surface area contributed by atoms with Crippen molar-refractivity contribution in [2.24, 2.45) is 11.1 Å². The Balaban J connectivity index is 1.53. The summed E-state index contributed by atoms with van der Waals surface area (Å²) in [4.78, 5) is 41.3. The largest absolute Gasteiger partial charge is 0.444 e. The van der Waals surface area contributed by atoms with Crippen LogP contribution in [0.3, 0.4) is 0 Å². The number of amides is 3. The molecule has 0 saturated carbocycles. The van der Waals surface area contributed by atoms with Gasteiger partial charge in [-0.05, 0) is 57.9 Å². The van der Waals surface area contributed by atoms with Crippen LogP contribution in [0.4, 0.5) is 10.5 Å². The van der Waals surface area contributed by atoms with E-state index in [1.807, 2.05) is 0 Å². The number of anilines is 1. The zero-order valence-corrected chi connectivity index (χ0v) is 20.6. The summed E-state index contributed by atoms with van der Waals surface area (Å²) in [5, 5.41) is 7.86. The molecule has 1 aromatic rings. The zero-order chi connectivity index (χ0) is 24.4. The first-order valence-corrected chi connectivity index (χ1v) is 13.3. The van der Waals surface area contributed by atoms with Crippen LogP contribution < -0.4 is 10.5 Å². The Bertz CT molecular complexity index is 999. The fourth-order valence-electron chi connectivity index (χ4n) is 3.69. The second-order valence-corrected chi connectivity index (χ2v) is 11.7. The molecule has 0 spiro atoms. The molecule has 3 N–H and O–H groups in total. The van der Waals surface area contributed by atoms with Gasteiger partial charge < -0.3 is 15.0 Å². The van der Waals surface area contributed by atoms with Crippen molar-refractivity contribution in [3.63, 3.8) is 0 Å². The summed E-state index contributed by atoms with van der Waals surface area (Å²) < 4.78 is 28.1. The molecule has 2 saturated heterocycles. The third kappa shape index (κ3) is 6.61. The van der Waals surface area contributed by atoms with Gasteiger partial charge in [-0.2, -0.15) is 0 Å². The van der Waals surface area contributed by atoms with Gasteiger partial charge >= 0.3 is 6.09 Å². The molecule has 182 valence electrons. The molecule has 10 nitrogen and oxygen atoms in total. The van der Waals surface area contributed by atoms with E-state index < -0.39 is 27.8 Å². The maximum atomic E-state index is 13.1. The Morgan fingerprint density at radius 3 is 2.27 bits per heavy atom. The normalized spacial score (nSPS) is 19.9. The molecule has 1 atom stereocenters. The van der Waals surface area contributed by atoms with Crippen LogP contribution in [-0.4, -0.2) is 72.5 Å². The Morgan fingerprint density at radius 1 is 1.12 bits per heavy atom. The number of nitrogens with zero attached hydrogens (tertiary/aromatic N) is 2. The van der Waals surface area contributed by atoms with E-state index in [4.69, 9.17) is 9.88 Å². The standard InChI is InChI=1S/C21H30N4O6S2/c1-21(2,3)31-20(28)25-13-32-12-17(25)19(27)24-10-8-14(9-11-24)18(26)23-15-4-6-16(7-5-15)33(22,29)30/h4-7,14,17H,8-13H2,1-3H3,(H,23,26)(H2,22,29,30)/t17-/m0/s1. The number of carbonyl (C=O) groups is 3. The van der Waals surface area contributed by atoms with Crippen molar-refractivity contribution >= 4 is 45.4 Å². The number of thioether (sulfide) groups is 1. The van der Waals surface area contributed by atoms with E-state index in [9.17, 15) is 22.8 Å². The summed E-state index contributed by atoms with van der Waals surface area (Å²) in [5.41, 5.74) is -0.162. The second kappa shape index (κ2) is 9.90. The maximum absolute atomic E-state index is 13.1. The van der Waals surface area contributed by atoms with Crippen molar-refractivity contribution in [1.29, 1.82) is 0 Å². The number of hydrogen-bond acceptors (Lipinski definition) is 7. The predicted molar refractivity (Wildman–Crippen MR) is 125 cm³/mol. The molecule has 12 heteroatoms. The van der Waals surface area contributed by atoms with Crippen LogP contribution in [-0.2, 0) is 24.3 Å². The van der Waals surface area contributed by atoms with Crippen molar-refractivity contribution in [3.8, 4) is 0 Å². The van der Waals surface area contributed by atoms with Crippen molar-refractivity contribution in [2.45, 2.75) is 50.2 Å². The minimum absolute atomic E-state index is 0.0298. The Kier molecular flexibility index (Phi) is 7.59. The van der Waals surface area contributed by atoms with Crippen LogP contribution in [0.5, 0.6) is 0 Å². The van der Waals surface area contributed by atoms with Crippen molar-refractivity contribution in [3.05, 3.63) is 24.3 Å². The van der Waals surface area contributed by atoms with E-state index in [0.29, 0.717) is 43.2 Å². The summed E-state index contributed by atoms with van der Waals surface area (Å²) in [6, 6.07) is 5.08. The number of carbonyl (C=O) groups excluding carboxylic acids is 3. The molecule has 2 aliphatic heterocycles. The van der Waals surface area contributed by atoms with Crippen LogP contribution in [0.2, 0.25) is 0 Å². The highest BCUT2D eigenvalue weighted by molar-refractivity contribution is 7.99. The molecule has 2 aliphatic rings. The highest BCUT2D eigenvalue weighted by Gasteiger charge is 2.40. The van der Waals surface area contributed by atoms with Crippen LogP contribution >= 0.6 is 11.8 Å². The molecule has 0 aromatic heterocycles. The molecule has 3 amide bonds. The van der Waals surface area contributed by atoms with Gasteiger partial charge in [0.05, 0.1) is 10.8 Å². The molecular weight excluding hydrogens is 468 g/mol. The van der Waals surface area contributed by atoms with Gasteiger partial charge in [0.25, 0.3) is 0 Å². The van der Waals surface area contributed by atoms with Gasteiger partial charge in [-0.1, -0.05) is 0 Å². The van der Waals surface area contributed by atoms with Crippen molar-refractivity contribution in [2.75, 3.05) is 30.0 Å². The van der Waals surface area contributed by atoms with Crippen molar-refractivity contribution in [1.82, 2.24) is 9.80 Å². The number of piperidine rings is 1. The number of nitrogens with two attached hydrogens (primary N) is 1. The summed E-state index contributed by atoms with van der Waals surface area (Å²) >= 11 is 1.51. The lowest BCUT2D eigenvalue weighted by atomic mass is 9.95. The fraction of sp³-hybridized carbons (Fsp3) is 0.571. The van der Waals surface area contributed by atoms with Gasteiger partial charge in [0.15, 0.2) is 0 Å². The van der Waals surface area contributed by atoms with Gasteiger partial charge in [0, 0.05) is 30.4 Å². The van der Waals surface area contributed by atoms with Gasteiger partial charge in [-0.3, -0.25) is 14.5 Å². The number of likely N-dealkylation sites (tertiary alicyclic amines) is 1. The van der Waals surface area contributed by atoms with E-state index >= 15 is 0 Å². The zero-order valence-electron chi connectivity index (χ0n) is 18.9. The quantitative estimate of drug-likeness (QED) is 0.645. The predicted octanol–water partition coefficient (Wildman–Crippen LogP) is 1.82. The van der Waals surface area contributed by atoms with Crippen LogP contribution in [0, 0.1) is 5.92 Å². The van der Waals surface area contributed by atoms with Gasteiger partial charge in [0.1, 0.15) is 11.6 Å². The number of hydrogen-bond donors (Lipinski definition) is 2. The molecule has 0 aliphatic carbocycles. The number of benzene rings is 1. The van der Waals surface area contributed by atoms with Gasteiger partial charge in [-0.15, -0.1) is 11.8 Å². The third-order valence-electron chi connectivity index (χ3n) is 5.42. The SMILES string of the molecule is CC(C)(C)OC(=O)N1CSC[C@H]1C(=O)N1CCC(C(=O)Nc2ccc(S(N)(=O)=O)cc2)CC1. The molecule has 1 aromatic carbocycles. The summed E-state index contributed by atoms with van der Waals surface area (Å²) in [7, 11) is -3.79. The fourth-order valence-corrected chi connectivity index (χ4v) is 5.34. The van der Waals surface area contributed by atoms with Gasteiger partial charge in [0.2, 0.25) is 21.8 Å². The highest BCUT2D eigenvalue weighted by atomic mass is 32.2. The molecule has 2 heterocycles. The van der Waals surface area contributed by atoms with Gasteiger partial charge in [-0.25, -0.2) is 18.4 Å². The summed E-state index contributed by atoms with van der Waals surface area (Å²) in [5.74, 6) is 0.356. The monoisotopic (exact) mass is 498 g/mol. The Labute approximate surface area is 198 Å². The lowest BCUT2D eigenvalue weighted by Gasteiger charge is -2.35.